The maximum absolute atomic E-state index is 10.7. The summed E-state index contributed by atoms with van der Waals surface area (Å²) < 4.78 is 5.81. The van der Waals surface area contributed by atoms with Crippen LogP contribution >= 0.6 is 0 Å². The third-order valence-electron chi connectivity index (χ3n) is 4.64. The van der Waals surface area contributed by atoms with Crippen LogP contribution in [0.15, 0.2) is 48.5 Å². The minimum Gasteiger partial charge on any atom is -0.488 e. The highest BCUT2D eigenvalue weighted by Gasteiger charge is 2.20. The lowest BCUT2D eigenvalue weighted by molar-refractivity contribution is -0.900. The molecule has 6 heteroatoms. The maximum Gasteiger partial charge on any atom is 0.269 e. The molecule has 0 aromatic heterocycles. The molecule has 1 heterocycles. The Balaban J connectivity index is 1.42. The Labute approximate surface area is 147 Å². The predicted octanol–water partition coefficient (Wildman–Crippen LogP) is 1.69. The van der Waals surface area contributed by atoms with E-state index in [0.29, 0.717) is 0 Å². The number of rotatable bonds is 6. The molecule has 1 fully saturated rings. The first-order valence-electron chi connectivity index (χ1n) is 8.64. The molecule has 6 nitrogen and oxygen atoms in total. The van der Waals surface area contributed by atoms with E-state index in [-0.39, 0.29) is 10.6 Å². The van der Waals surface area contributed by atoms with Gasteiger partial charge in [-0.3, -0.25) is 10.1 Å². The van der Waals surface area contributed by atoms with Crippen LogP contribution in [-0.4, -0.2) is 44.3 Å². The molecule has 0 unspecified atom stereocenters. The van der Waals surface area contributed by atoms with Crippen LogP contribution in [0.1, 0.15) is 5.56 Å². The number of nitro groups is 1. The summed E-state index contributed by atoms with van der Waals surface area (Å²) in [6, 6.07) is 15.0. The number of nitrogens with zero attached hydrogens (tertiary/aromatic N) is 2. The van der Waals surface area contributed by atoms with Crippen molar-refractivity contribution < 1.29 is 14.6 Å². The average Bonchev–Trinajstić information content (AvgIpc) is 2.64. The molecule has 1 aliphatic rings. The number of hydrogen-bond acceptors (Lipinski definition) is 4. The second kappa shape index (κ2) is 7.98. The van der Waals surface area contributed by atoms with Gasteiger partial charge in [0.05, 0.1) is 31.1 Å². The Hall–Kier alpha value is -2.60. The molecule has 1 N–H and O–H groups in total. The van der Waals surface area contributed by atoms with Crippen LogP contribution < -0.4 is 14.5 Å². The minimum atomic E-state index is -0.361. The van der Waals surface area contributed by atoms with Gasteiger partial charge in [0, 0.05) is 17.8 Å². The summed E-state index contributed by atoms with van der Waals surface area (Å²) in [6.07, 6.45) is 0. The molecule has 0 amide bonds. The standard InChI is InChI=1S/C19H23N3O3/c1-16-2-8-19(9-3-16)25-15-14-20-10-12-21(13-11-20)17-4-6-18(7-5-17)22(23)24/h2-9H,10-15H2,1H3/p+1. The number of ether oxygens (including phenoxy) is 1. The fraction of sp³-hybridized carbons (Fsp3) is 0.368. The number of benzene rings is 2. The van der Waals surface area contributed by atoms with E-state index in [1.807, 2.05) is 24.3 Å². The van der Waals surface area contributed by atoms with Crippen LogP contribution in [-0.2, 0) is 0 Å². The topological polar surface area (TPSA) is 60.0 Å². The maximum atomic E-state index is 10.7. The number of non-ortho nitro benzene ring substituents is 1. The molecule has 25 heavy (non-hydrogen) atoms. The van der Waals surface area contributed by atoms with E-state index < -0.39 is 0 Å². The van der Waals surface area contributed by atoms with Crippen molar-refractivity contribution in [3.8, 4) is 5.75 Å². The van der Waals surface area contributed by atoms with Gasteiger partial charge in [-0.25, -0.2) is 0 Å². The zero-order valence-corrected chi connectivity index (χ0v) is 14.5. The van der Waals surface area contributed by atoms with E-state index in [1.165, 1.54) is 10.5 Å². The molecule has 0 bridgehead atoms. The number of nitro benzene ring substituents is 1. The van der Waals surface area contributed by atoms with Gasteiger partial charge < -0.3 is 14.5 Å². The number of piperazine rings is 1. The van der Waals surface area contributed by atoms with E-state index in [2.05, 4.69) is 24.0 Å². The van der Waals surface area contributed by atoms with Crippen molar-refractivity contribution in [2.24, 2.45) is 0 Å². The Bertz CT molecular complexity index is 693. The molecule has 1 aliphatic heterocycles. The lowest BCUT2D eigenvalue weighted by Crippen LogP contribution is -3.15. The normalized spacial score (nSPS) is 15.2. The number of nitrogens with one attached hydrogen (secondary N) is 1. The quantitative estimate of drug-likeness (QED) is 0.641. The van der Waals surface area contributed by atoms with Crippen LogP contribution in [0, 0.1) is 17.0 Å². The monoisotopic (exact) mass is 342 g/mol. The summed E-state index contributed by atoms with van der Waals surface area (Å²) >= 11 is 0. The summed E-state index contributed by atoms with van der Waals surface area (Å²) in [5.41, 5.74) is 2.43. The van der Waals surface area contributed by atoms with Gasteiger partial charge in [-0.1, -0.05) is 17.7 Å². The van der Waals surface area contributed by atoms with Gasteiger partial charge in [-0.15, -0.1) is 0 Å². The molecular weight excluding hydrogens is 318 g/mol. The van der Waals surface area contributed by atoms with Crippen molar-refractivity contribution in [2.45, 2.75) is 6.92 Å². The van der Waals surface area contributed by atoms with Gasteiger partial charge in [0.25, 0.3) is 5.69 Å². The molecule has 2 aromatic carbocycles. The Morgan fingerprint density at radius 2 is 1.72 bits per heavy atom. The summed E-state index contributed by atoms with van der Waals surface area (Å²) in [4.78, 5) is 14.2. The van der Waals surface area contributed by atoms with E-state index >= 15 is 0 Å². The highest BCUT2D eigenvalue weighted by molar-refractivity contribution is 5.51. The van der Waals surface area contributed by atoms with Gasteiger partial charge >= 0.3 is 0 Å². The van der Waals surface area contributed by atoms with Crippen molar-refractivity contribution in [3.05, 3.63) is 64.2 Å². The van der Waals surface area contributed by atoms with Gasteiger partial charge in [0.1, 0.15) is 18.9 Å². The van der Waals surface area contributed by atoms with Crippen LogP contribution in [0.5, 0.6) is 5.75 Å². The Morgan fingerprint density at radius 1 is 1.08 bits per heavy atom. The second-order valence-corrected chi connectivity index (χ2v) is 6.42. The smallest absolute Gasteiger partial charge is 0.269 e. The van der Waals surface area contributed by atoms with Crippen LogP contribution in [0.4, 0.5) is 11.4 Å². The van der Waals surface area contributed by atoms with E-state index in [0.717, 1.165) is 50.8 Å². The second-order valence-electron chi connectivity index (χ2n) is 6.42. The minimum absolute atomic E-state index is 0.140. The number of aryl methyl sites for hydroxylation is 1. The zero-order chi connectivity index (χ0) is 17.6. The summed E-state index contributed by atoms with van der Waals surface area (Å²) in [6.45, 7) is 7.79. The molecule has 1 saturated heterocycles. The molecule has 0 spiro atoms. The lowest BCUT2D eigenvalue weighted by atomic mass is 10.2. The predicted molar refractivity (Wildman–Crippen MR) is 97.5 cm³/mol. The SMILES string of the molecule is Cc1ccc(OCC[NH+]2CCN(c3ccc([N+](=O)[O-])cc3)CC2)cc1. The molecule has 0 aliphatic carbocycles. The van der Waals surface area contributed by atoms with Gasteiger partial charge in [-0.2, -0.15) is 0 Å². The Kier molecular flexibility index (Phi) is 5.50. The number of hydrogen-bond donors (Lipinski definition) is 1. The lowest BCUT2D eigenvalue weighted by Gasteiger charge is -2.33. The van der Waals surface area contributed by atoms with E-state index in [4.69, 9.17) is 4.74 Å². The summed E-state index contributed by atoms with van der Waals surface area (Å²) in [5.74, 6) is 0.925. The third kappa shape index (κ3) is 4.70. The van der Waals surface area contributed by atoms with Crippen molar-refractivity contribution in [1.82, 2.24) is 0 Å². The van der Waals surface area contributed by atoms with Crippen LogP contribution in [0.3, 0.4) is 0 Å². The summed E-state index contributed by atoms with van der Waals surface area (Å²) in [5, 5.41) is 10.7. The largest absolute Gasteiger partial charge is 0.488 e. The zero-order valence-electron chi connectivity index (χ0n) is 14.5. The van der Waals surface area contributed by atoms with Gasteiger partial charge in [0.2, 0.25) is 0 Å². The molecule has 0 atom stereocenters. The highest BCUT2D eigenvalue weighted by Crippen LogP contribution is 2.19. The number of anilines is 1. The molecule has 2 aromatic rings. The Morgan fingerprint density at radius 3 is 2.32 bits per heavy atom. The third-order valence-corrected chi connectivity index (χ3v) is 4.64. The van der Waals surface area contributed by atoms with Gasteiger partial charge in [0.15, 0.2) is 0 Å². The molecule has 132 valence electrons. The van der Waals surface area contributed by atoms with E-state index in [9.17, 15) is 10.1 Å². The van der Waals surface area contributed by atoms with Crippen molar-refractivity contribution in [3.63, 3.8) is 0 Å². The molecular formula is C19H24N3O3+. The molecule has 0 radical (unpaired) electrons. The molecule has 0 saturated carbocycles. The fourth-order valence-corrected chi connectivity index (χ4v) is 3.06. The summed E-state index contributed by atoms with van der Waals surface area (Å²) in [7, 11) is 0. The van der Waals surface area contributed by atoms with Crippen LogP contribution in [0.2, 0.25) is 0 Å². The van der Waals surface area contributed by atoms with Crippen molar-refractivity contribution in [1.29, 1.82) is 0 Å². The van der Waals surface area contributed by atoms with Crippen molar-refractivity contribution >= 4 is 11.4 Å². The van der Waals surface area contributed by atoms with E-state index in [1.54, 1.807) is 12.1 Å². The average molecular weight is 342 g/mol. The first-order valence-corrected chi connectivity index (χ1v) is 8.64. The highest BCUT2D eigenvalue weighted by atomic mass is 16.6. The number of quaternary nitrogens is 1. The molecule has 3 rings (SSSR count). The fourth-order valence-electron chi connectivity index (χ4n) is 3.06. The van der Waals surface area contributed by atoms with Gasteiger partial charge in [-0.05, 0) is 31.2 Å². The van der Waals surface area contributed by atoms with Crippen LogP contribution in [0.25, 0.3) is 0 Å². The van der Waals surface area contributed by atoms with Crippen molar-refractivity contribution in [2.75, 3.05) is 44.2 Å². The first kappa shape index (κ1) is 17.2. The first-order chi connectivity index (χ1) is 12.1.